The number of amides is 1. The second-order valence-corrected chi connectivity index (χ2v) is 3.93. The van der Waals surface area contributed by atoms with Gasteiger partial charge in [0.1, 0.15) is 5.88 Å². The summed E-state index contributed by atoms with van der Waals surface area (Å²) in [5.41, 5.74) is 0.640. The van der Waals surface area contributed by atoms with Crippen LogP contribution in [-0.4, -0.2) is 36.2 Å². The normalized spacial score (nSPS) is 10.2. The Bertz CT molecular complexity index is 614. The zero-order chi connectivity index (χ0) is 14.5. The summed E-state index contributed by atoms with van der Waals surface area (Å²) >= 11 is 5.37. The third-order valence-corrected chi connectivity index (χ3v) is 2.67. The molecule has 2 rings (SSSR count). The molecule has 0 aliphatic rings. The predicted molar refractivity (Wildman–Crippen MR) is 72.2 cm³/mol. The Morgan fingerprint density at radius 2 is 2.05 bits per heavy atom. The largest absolute Gasteiger partial charge is 0.493 e. The van der Waals surface area contributed by atoms with Crippen molar-refractivity contribution in [1.82, 2.24) is 10.2 Å². The number of anilines is 1. The van der Waals surface area contributed by atoms with Gasteiger partial charge in [-0.2, -0.15) is 0 Å². The topological polar surface area (TPSA) is 86.5 Å². The van der Waals surface area contributed by atoms with Crippen molar-refractivity contribution >= 4 is 23.5 Å². The average Bonchev–Trinajstić information content (AvgIpc) is 2.94. The standard InChI is InChI=1S/C12H12ClN3O4/c1-18-8-4-3-7(5-9(8)19-2)11-15-16-12(20-11)14-10(17)6-13/h3-5H,6H2,1-2H3,(H,14,16,17). The molecule has 1 amide bonds. The van der Waals surface area contributed by atoms with Gasteiger partial charge < -0.3 is 13.9 Å². The highest BCUT2D eigenvalue weighted by Gasteiger charge is 2.13. The first-order chi connectivity index (χ1) is 9.67. The van der Waals surface area contributed by atoms with Crippen LogP contribution in [-0.2, 0) is 4.79 Å². The van der Waals surface area contributed by atoms with Gasteiger partial charge in [0.15, 0.2) is 11.5 Å². The number of nitrogens with one attached hydrogen (secondary N) is 1. The summed E-state index contributed by atoms with van der Waals surface area (Å²) in [5, 5.41) is 9.90. The minimum absolute atomic E-state index is 0.0135. The highest BCUT2D eigenvalue weighted by atomic mass is 35.5. The number of methoxy groups -OCH3 is 2. The minimum atomic E-state index is -0.422. The van der Waals surface area contributed by atoms with E-state index in [-0.39, 0.29) is 17.8 Å². The number of ether oxygens (including phenoxy) is 2. The highest BCUT2D eigenvalue weighted by molar-refractivity contribution is 6.28. The van der Waals surface area contributed by atoms with Gasteiger partial charge in [0.05, 0.1) is 14.2 Å². The van der Waals surface area contributed by atoms with Gasteiger partial charge in [-0.3, -0.25) is 10.1 Å². The predicted octanol–water partition coefficient (Wildman–Crippen LogP) is 1.93. The fourth-order valence-electron chi connectivity index (χ4n) is 1.51. The fraction of sp³-hybridized carbons (Fsp3) is 0.250. The lowest BCUT2D eigenvalue weighted by Crippen LogP contribution is -2.12. The van der Waals surface area contributed by atoms with Crippen LogP contribution in [0.5, 0.6) is 11.5 Å². The van der Waals surface area contributed by atoms with Crippen molar-refractivity contribution < 1.29 is 18.7 Å². The van der Waals surface area contributed by atoms with Crippen molar-refractivity contribution in [1.29, 1.82) is 0 Å². The average molecular weight is 298 g/mol. The van der Waals surface area contributed by atoms with Gasteiger partial charge in [0.2, 0.25) is 11.8 Å². The van der Waals surface area contributed by atoms with Crippen LogP contribution in [0.1, 0.15) is 0 Å². The van der Waals surface area contributed by atoms with Crippen LogP contribution < -0.4 is 14.8 Å². The van der Waals surface area contributed by atoms with Crippen LogP contribution in [0, 0.1) is 0 Å². The van der Waals surface area contributed by atoms with Crippen LogP contribution >= 0.6 is 11.6 Å². The van der Waals surface area contributed by atoms with Gasteiger partial charge in [-0.1, -0.05) is 5.10 Å². The second kappa shape index (κ2) is 6.25. The molecule has 0 unspecified atom stereocenters. The van der Waals surface area contributed by atoms with E-state index < -0.39 is 5.91 Å². The summed E-state index contributed by atoms with van der Waals surface area (Å²) < 4.78 is 15.6. The maximum Gasteiger partial charge on any atom is 0.322 e. The first kappa shape index (κ1) is 14.1. The number of benzene rings is 1. The van der Waals surface area contributed by atoms with E-state index in [2.05, 4.69) is 15.5 Å². The molecule has 1 aromatic heterocycles. The Balaban J connectivity index is 2.25. The number of carbonyl (C=O) groups is 1. The van der Waals surface area contributed by atoms with Crippen molar-refractivity contribution in [2.24, 2.45) is 0 Å². The molecule has 0 aliphatic heterocycles. The van der Waals surface area contributed by atoms with Crippen molar-refractivity contribution in [3.05, 3.63) is 18.2 Å². The molecule has 0 saturated heterocycles. The van der Waals surface area contributed by atoms with Gasteiger partial charge >= 0.3 is 6.01 Å². The van der Waals surface area contributed by atoms with Crippen molar-refractivity contribution in [3.8, 4) is 23.0 Å². The Kier molecular flexibility index (Phi) is 4.41. The van der Waals surface area contributed by atoms with E-state index in [1.54, 1.807) is 25.3 Å². The monoisotopic (exact) mass is 297 g/mol. The van der Waals surface area contributed by atoms with Gasteiger partial charge in [-0.15, -0.1) is 16.7 Å². The summed E-state index contributed by atoms with van der Waals surface area (Å²) in [6.07, 6.45) is 0. The number of carbonyl (C=O) groups excluding carboxylic acids is 1. The lowest BCUT2D eigenvalue weighted by Gasteiger charge is -2.07. The molecule has 8 heteroatoms. The summed E-state index contributed by atoms with van der Waals surface area (Å²) in [4.78, 5) is 11.1. The molecule has 0 saturated carbocycles. The zero-order valence-electron chi connectivity index (χ0n) is 10.8. The van der Waals surface area contributed by atoms with Crippen LogP contribution in [0.2, 0.25) is 0 Å². The van der Waals surface area contributed by atoms with E-state index >= 15 is 0 Å². The van der Waals surface area contributed by atoms with E-state index in [0.29, 0.717) is 17.1 Å². The molecule has 7 nitrogen and oxygen atoms in total. The second-order valence-electron chi connectivity index (χ2n) is 3.66. The Morgan fingerprint density at radius 1 is 1.30 bits per heavy atom. The molecular formula is C12H12ClN3O4. The van der Waals surface area contributed by atoms with Gasteiger partial charge in [-0.25, -0.2) is 0 Å². The highest BCUT2D eigenvalue weighted by Crippen LogP contribution is 2.32. The van der Waals surface area contributed by atoms with Crippen LogP contribution in [0.3, 0.4) is 0 Å². The first-order valence-corrected chi connectivity index (χ1v) is 6.13. The number of rotatable bonds is 5. The van der Waals surface area contributed by atoms with E-state index in [1.807, 2.05) is 0 Å². The SMILES string of the molecule is COc1ccc(-c2nnc(NC(=O)CCl)o2)cc1OC. The van der Waals surface area contributed by atoms with E-state index in [9.17, 15) is 4.79 Å². The van der Waals surface area contributed by atoms with Crippen molar-refractivity contribution in [2.45, 2.75) is 0 Å². The Hall–Kier alpha value is -2.28. The molecular weight excluding hydrogens is 286 g/mol. The number of hydrogen-bond acceptors (Lipinski definition) is 6. The molecule has 0 spiro atoms. The van der Waals surface area contributed by atoms with Gasteiger partial charge in [0.25, 0.3) is 0 Å². The lowest BCUT2D eigenvalue weighted by atomic mass is 10.2. The number of alkyl halides is 1. The Labute approximate surface area is 119 Å². The molecule has 0 radical (unpaired) electrons. The molecule has 106 valence electrons. The van der Waals surface area contributed by atoms with Crippen molar-refractivity contribution in [2.75, 3.05) is 25.4 Å². The van der Waals surface area contributed by atoms with E-state index in [1.165, 1.54) is 7.11 Å². The van der Waals surface area contributed by atoms with Gasteiger partial charge in [0, 0.05) is 5.56 Å². The molecule has 1 aromatic carbocycles. The molecule has 0 atom stereocenters. The zero-order valence-corrected chi connectivity index (χ0v) is 11.6. The number of hydrogen-bond donors (Lipinski definition) is 1. The summed E-state index contributed by atoms with van der Waals surface area (Å²) in [5.74, 6) is 0.764. The first-order valence-electron chi connectivity index (χ1n) is 5.59. The number of aromatic nitrogens is 2. The third kappa shape index (κ3) is 3.00. The maximum atomic E-state index is 11.1. The van der Waals surface area contributed by atoms with Crippen LogP contribution in [0.15, 0.2) is 22.6 Å². The molecule has 0 aliphatic carbocycles. The number of halogens is 1. The molecule has 20 heavy (non-hydrogen) atoms. The van der Waals surface area contributed by atoms with Gasteiger partial charge in [-0.05, 0) is 18.2 Å². The summed E-state index contributed by atoms with van der Waals surface area (Å²) in [6, 6.07) is 5.14. The molecule has 1 heterocycles. The number of nitrogens with zero attached hydrogens (tertiary/aromatic N) is 2. The minimum Gasteiger partial charge on any atom is -0.493 e. The van der Waals surface area contributed by atoms with E-state index in [0.717, 1.165) is 0 Å². The molecule has 0 bridgehead atoms. The van der Waals surface area contributed by atoms with Crippen LogP contribution in [0.4, 0.5) is 6.01 Å². The molecule has 2 aromatic rings. The maximum absolute atomic E-state index is 11.1. The summed E-state index contributed by atoms with van der Waals surface area (Å²) in [7, 11) is 3.07. The van der Waals surface area contributed by atoms with Crippen molar-refractivity contribution in [3.63, 3.8) is 0 Å². The summed E-state index contributed by atoms with van der Waals surface area (Å²) in [6.45, 7) is 0. The third-order valence-electron chi connectivity index (χ3n) is 2.42. The molecule has 1 N–H and O–H groups in total. The van der Waals surface area contributed by atoms with E-state index in [4.69, 9.17) is 25.5 Å². The van der Waals surface area contributed by atoms with Crippen LogP contribution in [0.25, 0.3) is 11.5 Å². The quantitative estimate of drug-likeness (QED) is 0.849. The Morgan fingerprint density at radius 3 is 2.70 bits per heavy atom. The lowest BCUT2D eigenvalue weighted by molar-refractivity contribution is -0.114. The molecule has 0 fully saturated rings. The smallest absolute Gasteiger partial charge is 0.322 e. The fourth-order valence-corrected chi connectivity index (χ4v) is 1.58.